The molecule has 4 heterocycles. The largest absolute Gasteiger partial charge is 0.398 e. The quantitative estimate of drug-likeness (QED) is 0.268. The first-order valence-electron chi connectivity index (χ1n) is 13.5. The van der Waals surface area contributed by atoms with Gasteiger partial charge in [-0.3, -0.25) is 4.98 Å². The lowest BCUT2D eigenvalue weighted by atomic mass is 9.96. The number of aromatic amines is 1. The highest BCUT2D eigenvalue weighted by Gasteiger charge is 2.19. The Kier molecular flexibility index (Phi) is 6.86. The Balaban J connectivity index is 1.27. The number of nitrogens with two attached hydrogens (primary N) is 1. The fraction of sp³-hybridized carbons (Fsp3) is 0.212. The Labute approximate surface area is 229 Å². The molecule has 6 nitrogen and oxygen atoms in total. The van der Waals surface area contributed by atoms with Crippen molar-refractivity contribution in [1.29, 1.82) is 0 Å². The van der Waals surface area contributed by atoms with Crippen LogP contribution in [0, 0.1) is 0 Å². The molecule has 5 aromatic rings. The second kappa shape index (κ2) is 10.8. The SMILES string of the molecule is C=C(c1cc2c(N3CCN(C)CC3)ccnc2[nH]1)c1cc(-c2cncc(CCc3ccccc3)c2)ccc1N. The van der Waals surface area contributed by atoms with E-state index in [1.54, 1.807) is 0 Å². The lowest BCUT2D eigenvalue weighted by molar-refractivity contribution is 0.313. The maximum absolute atomic E-state index is 6.48. The number of pyridine rings is 2. The molecule has 0 atom stereocenters. The number of fused-ring (bicyclic) bond motifs is 1. The molecule has 1 aliphatic heterocycles. The first-order chi connectivity index (χ1) is 19.0. The van der Waals surface area contributed by atoms with Gasteiger partial charge in [0, 0.05) is 83.9 Å². The van der Waals surface area contributed by atoms with Gasteiger partial charge in [0.05, 0.1) is 0 Å². The molecule has 2 aromatic carbocycles. The minimum absolute atomic E-state index is 0.697. The van der Waals surface area contributed by atoms with Crippen molar-refractivity contribution in [2.45, 2.75) is 12.8 Å². The molecule has 6 rings (SSSR count). The van der Waals surface area contributed by atoms with E-state index in [0.717, 1.165) is 78.0 Å². The first-order valence-corrected chi connectivity index (χ1v) is 13.5. The van der Waals surface area contributed by atoms with E-state index in [1.807, 2.05) is 24.7 Å². The van der Waals surface area contributed by atoms with Crippen LogP contribution in [0.15, 0.2) is 91.9 Å². The van der Waals surface area contributed by atoms with E-state index in [1.165, 1.54) is 16.8 Å². The number of H-pyrrole nitrogens is 1. The van der Waals surface area contributed by atoms with Crippen LogP contribution in [0.4, 0.5) is 11.4 Å². The van der Waals surface area contributed by atoms with E-state index in [4.69, 9.17) is 5.73 Å². The monoisotopic (exact) mass is 514 g/mol. The highest BCUT2D eigenvalue weighted by atomic mass is 15.2. The lowest BCUT2D eigenvalue weighted by Gasteiger charge is -2.34. The van der Waals surface area contributed by atoms with Gasteiger partial charge in [-0.2, -0.15) is 0 Å². The van der Waals surface area contributed by atoms with E-state index in [0.29, 0.717) is 5.69 Å². The van der Waals surface area contributed by atoms with Crippen molar-refractivity contribution >= 4 is 28.0 Å². The molecule has 196 valence electrons. The fourth-order valence-electron chi connectivity index (χ4n) is 5.36. The van der Waals surface area contributed by atoms with Gasteiger partial charge in [-0.25, -0.2) is 4.98 Å². The Hall–Kier alpha value is -4.42. The predicted octanol–water partition coefficient (Wildman–Crippen LogP) is 5.81. The van der Waals surface area contributed by atoms with E-state index in [9.17, 15) is 0 Å². The highest BCUT2D eigenvalue weighted by Crippen LogP contribution is 2.34. The van der Waals surface area contributed by atoms with Gasteiger partial charge >= 0.3 is 0 Å². The molecule has 3 N–H and O–H groups in total. The second-order valence-corrected chi connectivity index (χ2v) is 10.4. The normalized spacial score (nSPS) is 14.1. The molecular formula is C33H34N6. The van der Waals surface area contributed by atoms with Crippen LogP contribution in [0.3, 0.4) is 0 Å². The summed E-state index contributed by atoms with van der Waals surface area (Å²) in [6.45, 7) is 8.56. The van der Waals surface area contributed by atoms with Crippen molar-refractivity contribution in [3.63, 3.8) is 0 Å². The van der Waals surface area contributed by atoms with Gasteiger partial charge < -0.3 is 20.5 Å². The van der Waals surface area contributed by atoms with Gasteiger partial charge in [-0.1, -0.05) is 43.0 Å². The van der Waals surface area contributed by atoms with Gasteiger partial charge in [-0.05, 0) is 66.9 Å². The number of nitrogens with one attached hydrogen (secondary N) is 1. The molecule has 0 saturated carbocycles. The third-order valence-corrected chi connectivity index (χ3v) is 7.73. The number of likely N-dealkylation sites (N-methyl/N-ethyl adjacent to an activating group) is 1. The number of hydrogen-bond acceptors (Lipinski definition) is 5. The van der Waals surface area contributed by atoms with E-state index in [-0.39, 0.29) is 0 Å². The number of rotatable bonds is 7. The standard InChI is InChI=1S/C33H34N6/c1-23(31-20-29-32(12-13-36-33(29)37-31)39-16-14-38(2)15-17-39)28-19-26(10-11-30(28)34)27-18-25(21-35-22-27)9-8-24-6-4-3-5-7-24/h3-7,10-13,18-22H,1,8-9,14-17,34H2,2H3,(H,36,37). The molecule has 0 radical (unpaired) electrons. The zero-order valence-electron chi connectivity index (χ0n) is 22.4. The summed E-state index contributed by atoms with van der Waals surface area (Å²) in [5, 5.41) is 1.11. The summed E-state index contributed by atoms with van der Waals surface area (Å²) < 4.78 is 0. The number of aromatic nitrogens is 3. The third-order valence-electron chi connectivity index (χ3n) is 7.73. The molecule has 1 aliphatic rings. The van der Waals surface area contributed by atoms with Crippen molar-refractivity contribution in [2.75, 3.05) is 43.9 Å². The van der Waals surface area contributed by atoms with Crippen LogP contribution in [-0.2, 0) is 12.8 Å². The minimum Gasteiger partial charge on any atom is -0.398 e. The highest BCUT2D eigenvalue weighted by molar-refractivity contribution is 5.96. The molecular weight excluding hydrogens is 480 g/mol. The van der Waals surface area contributed by atoms with Crippen molar-refractivity contribution < 1.29 is 0 Å². The summed E-state index contributed by atoms with van der Waals surface area (Å²) in [4.78, 5) is 17.5. The molecule has 3 aromatic heterocycles. The maximum atomic E-state index is 6.48. The van der Waals surface area contributed by atoms with Crippen molar-refractivity contribution in [3.05, 3.63) is 114 Å². The Morgan fingerprint density at radius 2 is 1.69 bits per heavy atom. The first kappa shape index (κ1) is 24.9. The second-order valence-electron chi connectivity index (χ2n) is 10.4. The number of nitrogens with zero attached hydrogens (tertiary/aromatic N) is 4. The van der Waals surface area contributed by atoms with Gasteiger partial charge in [0.2, 0.25) is 0 Å². The predicted molar refractivity (Wildman–Crippen MR) is 162 cm³/mol. The van der Waals surface area contributed by atoms with Crippen LogP contribution in [0.1, 0.15) is 22.4 Å². The van der Waals surface area contributed by atoms with Crippen LogP contribution >= 0.6 is 0 Å². The number of benzene rings is 2. The summed E-state index contributed by atoms with van der Waals surface area (Å²) in [6.07, 6.45) is 7.68. The number of aryl methyl sites for hydroxylation is 2. The summed E-state index contributed by atoms with van der Waals surface area (Å²) in [5.74, 6) is 0. The minimum atomic E-state index is 0.697. The zero-order chi connectivity index (χ0) is 26.8. The van der Waals surface area contributed by atoms with Gasteiger partial charge in [-0.15, -0.1) is 0 Å². The Morgan fingerprint density at radius 1 is 0.897 bits per heavy atom. The van der Waals surface area contributed by atoms with Gasteiger partial charge in [0.15, 0.2) is 0 Å². The summed E-state index contributed by atoms with van der Waals surface area (Å²) in [7, 11) is 2.17. The van der Waals surface area contributed by atoms with E-state index in [2.05, 4.69) is 99.0 Å². The van der Waals surface area contributed by atoms with Crippen LogP contribution < -0.4 is 10.6 Å². The molecule has 1 fully saturated rings. The van der Waals surface area contributed by atoms with E-state index < -0.39 is 0 Å². The topological polar surface area (TPSA) is 74.1 Å². The summed E-state index contributed by atoms with van der Waals surface area (Å²) in [6, 6.07) is 23.2. The van der Waals surface area contributed by atoms with Gasteiger partial charge in [0.1, 0.15) is 5.65 Å². The van der Waals surface area contributed by atoms with Crippen molar-refractivity contribution in [1.82, 2.24) is 19.9 Å². The fourth-order valence-corrected chi connectivity index (χ4v) is 5.36. The molecule has 0 bridgehead atoms. The Morgan fingerprint density at radius 3 is 2.51 bits per heavy atom. The molecule has 0 unspecified atom stereocenters. The average molecular weight is 515 g/mol. The third kappa shape index (κ3) is 5.29. The molecule has 0 spiro atoms. The van der Waals surface area contributed by atoms with E-state index >= 15 is 0 Å². The lowest BCUT2D eigenvalue weighted by Crippen LogP contribution is -2.44. The zero-order valence-corrected chi connectivity index (χ0v) is 22.4. The summed E-state index contributed by atoms with van der Waals surface area (Å²) in [5.41, 5.74) is 16.6. The van der Waals surface area contributed by atoms with Crippen molar-refractivity contribution in [2.24, 2.45) is 0 Å². The summed E-state index contributed by atoms with van der Waals surface area (Å²) >= 11 is 0. The van der Waals surface area contributed by atoms with Crippen LogP contribution in [0.25, 0.3) is 27.7 Å². The van der Waals surface area contributed by atoms with Crippen LogP contribution in [0.5, 0.6) is 0 Å². The molecule has 1 saturated heterocycles. The molecule has 39 heavy (non-hydrogen) atoms. The molecule has 6 heteroatoms. The van der Waals surface area contributed by atoms with Crippen LogP contribution in [-0.4, -0.2) is 53.1 Å². The average Bonchev–Trinajstić information content (AvgIpc) is 3.42. The maximum Gasteiger partial charge on any atom is 0.139 e. The molecule has 0 amide bonds. The van der Waals surface area contributed by atoms with Crippen LogP contribution in [0.2, 0.25) is 0 Å². The number of nitrogen functional groups attached to an aromatic ring is 1. The number of piperazine rings is 1. The molecule has 0 aliphatic carbocycles. The Bertz CT molecular complexity index is 1610. The number of hydrogen-bond donors (Lipinski definition) is 2. The van der Waals surface area contributed by atoms with Gasteiger partial charge in [0.25, 0.3) is 0 Å². The smallest absolute Gasteiger partial charge is 0.139 e. The van der Waals surface area contributed by atoms with Crippen molar-refractivity contribution in [3.8, 4) is 11.1 Å². The number of anilines is 2.